The first kappa shape index (κ1) is 21.6. The molecule has 4 aliphatic carbocycles. The fourth-order valence-electron chi connectivity index (χ4n) is 8.42. The third kappa shape index (κ3) is 2.98. The first-order valence-electron chi connectivity index (χ1n) is 12.9. The number of carbonyl (C=O) groups excluding carboxylic acids is 1. The molecule has 1 spiro atoms. The van der Waals surface area contributed by atoms with E-state index in [2.05, 4.69) is 37.8 Å². The summed E-state index contributed by atoms with van der Waals surface area (Å²) in [5.41, 5.74) is 7.93. The largest absolute Gasteiger partial charge is 0.389 e. The van der Waals surface area contributed by atoms with Gasteiger partial charge in [-0.25, -0.2) is 0 Å². The molecular weight excluding hydrogens is 408 g/mol. The van der Waals surface area contributed by atoms with Gasteiger partial charge in [-0.15, -0.1) is 0 Å². The quantitative estimate of drug-likeness (QED) is 0.540. The molecule has 0 radical (unpaired) electrons. The molecule has 1 heterocycles. The molecule has 0 aromatic heterocycles. The van der Waals surface area contributed by atoms with Crippen LogP contribution in [0.5, 0.6) is 0 Å². The fraction of sp³-hybridized carbons (Fsp3) is 0.567. The highest BCUT2D eigenvalue weighted by Gasteiger charge is 2.65. The Morgan fingerprint density at radius 3 is 2.61 bits per heavy atom. The van der Waals surface area contributed by atoms with Crippen LogP contribution in [0.1, 0.15) is 88.4 Å². The zero-order valence-electron chi connectivity index (χ0n) is 20.0. The number of fused-ring (bicyclic) bond motifs is 5. The van der Waals surface area contributed by atoms with E-state index >= 15 is 0 Å². The van der Waals surface area contributed by atoms with Gasteiger partial charge in [-0.2, -0.15) is 0 Å². The number of allylic oxidation sites excluding steroid dienone is 4. The van der Waals surface area contributed by atoms with Crippen molar-refractivity contribution in [3.63, 3.8) is 0 Å². The van der Waals surface area contributed by atoms with E-state index in [1.807, 2.05) is 13.0 Å². The van der Waals surface area contributed by atoms with Crippen molar-refractivity contribution in [1.82, 2.24) is 0 Å². The van der Waals surface area contributed by atoms with E-state index < -0.39 is 6.10 Å². The van der Waals surface area contributed by atoms with Crippen LogP contribution in [0.15, 0.2) is 59.2 Å². The summed E-state index contributed by atoms with van der Waals surface area (Å²) in [7, 11) is 0. The maximum atomic E-state index is 12.2. The first-order valence-corrected chi connectivity index (χ1v) is 12.9. The highest BCUT2D eigenvalue weighted by atomic mass is 16.5. The van der Waals surface area contributed by atoms with Crippen molar-refractivity contribution in [1.29, 1.82) is 0 Å². The molecule has 1 unspecified atom stereocenters. The number of benzene rings is 1. The average molecular weight is 445 g/mol. The van der Waals surface area contributed by atoms with Gasteiger partial charge in [0, 0.05) is 17.8 Å². The molecule has 3 fully saturated rings. The number of aliphatic hydroxyl groups excluding tert-OH is 1. The van der Waals surface area contributed by atoms with E-state index in [9.17, 15) is 9.90 Å². The number of ether oxygens (including phenoxy) is 1. The molecule has 0 amide bonds. The molecule has 1 aromatic rings. The van der Waals surface area contributed by atoms with Crippen LogP contribution in [0.3, 0.4) is 0 Å². The number of hydrogen-bond donors (Lipinski definition) is 1. The molecule has 174 valence electrons. The van der Waals surface area contributed by atoms with Crippen LogP contribution in [-0.2, 0) is 9.53 Å². The Morgan fingerprint density at radius 1 is 1.12 bits per heavy atom. The molecule has 6 atom stereocenters. The van der Waals surface area contributed by atoms with Crippen LogP contribution in [-0.4, -0.2) is 23.1 Å². The van der Waals surface area contributed by atoms with Gasteiger partial charge in [0.2, 0.25) is 0 Å². The van der Waals surface area contributed by atoms with E-state index in [1.54, 1.807) is 5.57 Å². The lowest BCUT2D eigenvalue weighted by Gasteiger charge is -2.55. The molecule has 1 saturated heterocycles. The lowest BCUT2D eigenvalue weighted by molar-refractivity contribution is -0.114. The Balaban J connectivity index is 1.51. The molecular formula is C30H36O3. The van der Waals surface area contributed by atoms with Gasteiger partial charge in [-0.3, -0.25) is 4.79 Å². The molecule has 0 bridgehead atoms. The third-order valence-corrected chi connectivity index (χ3v) is 10.00. The monoisotopic (exact) mass is 444 g/mol. The standard InChI is InChI=1S/C30H36O3/c1-18-13-15-33-30(18)14-12-27-25-10-8-22-16-23(32)9-11-24(22)28(25)26(17-29(27,30)3)21-6-4-20(5-7-21)19(2)31/h4-7,16,19,25-27,31H,1,8-15,17H2,2-3H3/t19?,25-,26+,27-,29-,30-/m0/s1. The molecule has 3 heteroatoms. The summed E-state index contributed by atoms with van der Waals surface area (Å²) in [5.74, 6) is 1.80. The van der Waals surface area contributed by atoms with Crippen LogP contribution in [0, 0.1) is 17.3 Å². The van der Waals surface area contributed by atoms with E-state index in [4.69, 9.17) is 4.74 Å². The summed E-state index contributed by atoms with van der Waals surface area (Å²) in [6.07, 6.45) is 9.58. The Hall–Kier alpha value is -1.97. The second kappa shape index (κ2) is 7.52. The van der Waals surface area contributed by atoms with E-state index in [1.165, 1.54) is 28.7 Å². The fourth-order valence-corrected chi connectivity index (χ4v) is 8.42. The Morgan fingerprint density at radius 2 is 1.91 bits per heavy atom. The van der Waals surface area contributed by atoms with Gasteiger partial charge in [-0.1, -0.05) is 43.3 Å². The maximum absolute atomic E-state index is 12.2. The Bertz CT molecular complexity index is 1070. The van der Waals surface area contributed by atoms with Gasteiger partial charge in [0.25, 0.3) is 0 Å². The molecule has 1 aliphatic heterocycles. The van der Waals surface area contributed by atoms with Crippen LogP contribution in [0.4, 0.5) is 0 Å². The summed E-state index contributed by atoms with van der Waals surface area (Å²) in [5, 5.41) is 10.0. The van der Waals surface area contributed by atoms with Crippen molar-refractivity contribution < 1.29 is 14.6 Å². The number of ketones is 1. The van der Waals surface area contributed by atoms with Gasteiger partial charge in [0.05, 0.1) is 18.3 Å². The number of rotatable bonds is 2. The number of hydrogen-bond acceptors (Lipinski definition) is 3. The summed E-state index contributed by atoms with van der Waals surface area (Å²) in [6.45, 7) is 9.65. The average Bonchev–Trinajstić information content (AvgIpc) is 3.33. The summed E-state index contributed by atoms with van der Waals surface area (Å²) in [6, 6.07) is 8.65. The van der Waals surface area contributed by atoms with Crippen molar-refractivity contribution in [3.8, 4) is 0 Å². The zero-order chi connectivity index (χ0) is 23.0. The number of aliphatic hydroxyl groups is 1. The second-order valence-corrected chi connectivity index (χ2v) is 11.4. The first-order chi connectivity index (χ1) is 15.8. The second-order valence-electron chi connectivity index (χ2n) is 11.4. The minimum Gasteiger partial charge on any atom is -0.389 e. The van der Waals surface area contributed by atoms with Crippen molar-refractivity contribution in [2.24, 2.45) is 17.3 Å². The van der Waals surface area contributed by atoms with E-state index in [-0.39, 0.29) is 11.0 Å². The van der Waals surface area contributed by atoms with Gasteiger partial charge >= 0.3 is 0 Å². The maximum Gasteiger partial charge on any atom is 0.156 e. The lowest BCUT2D eigenvalue weighted by atomic mass is 9.50. The van der Waals surface area contributed by atoms with Crippen molar-refractivity contribution >= 4 is 5.78 Å². The van der Waals surface area contributed by atoms with Gasteiger partial charge in [-0.05, 0) is 97.6 Å². The van der Waals surface area contributed by atoms with Crippen molar-refractivity contribution in [3.05, 3.63) is 70.3 Å². The zero-order valence-corrected chi connectivity index (χ0v) is 20.0. The highest BCUT2D eigenvalue weighted by Crippen LogP contribution is 2.70. The van der Waals surface area contributed by atoms with Crippen molar-refractivity contribution in [2.45, 2.75) is 82.8 Å². The number of carbonyl (C=O) groups is 1. The molecule has 5 aliphatic rings. The van der Waals surface area contributed by atoms with Crippen LogP contribution in [0.2, 0.25) is 0 Å². The summed E-state index contributed by atoms with van der Waals surface area (Å²) >= 11 is 0. The van der Waals surface area contributed by atoms with Gasteiger partial charge in [0.15, 0.2) is 5.78 Å². The molecule has 6 rings (SSSR count). The van der Waals surface area contributed by atoms with E-state index in [0.717, 1.165) is 50.7 Å². The Labute approximate surface area is 197 Å². The molecule has 2 saturated carbocycles. The van der Waals surface area contributed by atoms with Crippen molar-refractivity contribution in [2.75, 3.05) is 6.61 Å². The normalized spacial score (nSPS) is 38.8. The molecule has 1 N–H and O–H groups in total. The minimum atomic E-state index is -0.455. The van der Waals surface area contributed by atoms with E-state index in [0.29, 0.717) is 30.0 Å². The molecule has 33 heavy (non-hydrogen) atoms. The Kier molecular flexibility index (Phi) is 4.91. The van der Waals surface area contributed by atoms with Gasteiger partial charge < -0.3 is 9.84 Å². The predicted molar refractivity (Wildman–Crippen MR) is 130 cm³/mol. The van der Waals surface area contributed by atoms with Crippen LogP contribution < -0.4 is 0 Å². The molecule has 3 nitrogen and oxygen atoms in total. The summed E-state index contributed by atoms with van der Waals surface area (Å²) < 4.78 is 6.62. The smallest absolute Gasteiger partial charge is 0.156 e. The van der Waals surface area contributed by atoms with Crippen LogP contribution in [0.25, 0.3) is 0 Å². The minimum absolute atomic E-state index is 0.0780. The third-order valence-electron chi connectivity index (χ3n) is 10.00. The van der Waals surface area contributed by atoms with Crippen LogP contribution >= 0.6 is 0 Å². The highest BCUT2D eigenvalue weighted by molar-refractivity contribution is 5.93. The predicted octanol–water partition coefficient (Wildman–Crippen LogP) is 6.35. The van der Waals surface area contributed by atoms with Gasteiger partial charge in [0.1, 0.15) is 0 Å². The topological polar surface area (TPSA) is 46.5 Å². The summed E-state index contributed by atoms with van der Waals surface area (Å²) in [4.78, 5) is 12.2. The lowest BCUT2D eigenvalue weighted by Crippen LogP contribution is -2.52. The SMILES string of the molecule is C=C1CCO[C@@]12CC[C@H]1[C@@H]3CCC4=CC(=O)CCC4=C3[C@@H](c3ccc(C(C)O)cc3)C[C@@]12C. The molecule has 1 aromatic carbocycles.